The van der Waals surface area contributed by atoms with Gasteiger partial charge in [-0.05, 0) is 18.2 Å². The lowest BCUT2D eigenvalue weighted by atomic mass is 10.1. The Labute approximate surface area is 211 Å². The topological polar surface area (TPSA) is 176 Å². The van der Waals surface area contributed by atoms with Gasteiger partial charge in [0.15, 0.2) is 9.79 Å². The summed E-state index contributed by atoms with van der Waals surface area (Å²) in [5, 5.41) is 22.7. The molecule has 0 spiro atoms. The largest absolute Gasteiger partial charge is 0.378 e. The summed E-state index contributed by atoms with van der Waals surface area (Å²) in [6.07, 6.45) is -0.997. The zero-order chi connectivity index (χ0) is 26.8. The van der Waals surface area contributed by atoms with Crippen LogP contribution in [0.3, 0.4) is 0 Å². The van der Waals surface area contributed by atoms with E-state index in [1.807, 2.05) is 0 Å². The van der Waals surface area contributed by atoms with E-state index >= 15 is 0 Å². The number of hydrogen-bond donors (Lipinski definition) is 0. The number of para-hydroxylation sites is 3. The number of nitro benzene ring substituents is 2. The van der Waals surface area contributed by atoms with Gasteiger partial charge >= 0.3 is 10.1 Å². The summed E-state index contributed by atoms with van der Waals surface area (Å²) in [5.74, 6) is -0.212. The van der Waals surface area contributed by atoms with Gasteiger partial charge in [0, 0.05) is 30.8 Å². The van der Waals surface area contributed by atoms with Crippen LogP contribution in [0.5, 0.6) is 5.75 Å². The minimum Gasteiger partial charge on any atom is -0.378 e. The highest BCUT2D eigenvalue weighted by molar-refractivity contribution is 7.89. The molecule has 0 bridgehead atoms. The molecule has 3 aromatic carbocycles. The molecule has 37 heavy (non-hydrogen) atoms. The van der Waals surface area contributed by atoms with Gasteiger partial charge in [0.05, 0.1) is 22.6 Å². The summed E-state index contributed by atoms with van der Waals surface area (Å²) in [6, 6.07) is 15.4. The Balaban J connectivity index is 1.66. The minimum atomic E-state index is -4.65. The lowest BCUT2D eigenvalue weighted by molar-refractivity contribution is -0.388. The zero-order valence-corrected chi connectivity index (χ0v) is 20.5. The quantitative estimate of drug-likeness (QED) is 0.230. The second-order valence-corrected chi connectivity index (χ2v) is 11.2. The standard InChI is InChI=1S/C22H19N3O10S2/c26-24(27)17-8-2-5-11-21(17)36(30,31)23-13-14-34-20(15-23)16-7-1-4-10-19(16)35-37(32,33)22-12-6-3-9-18(22)25(28)29/h1-12,20H,13-15H2. The van der Waals surface area contributed by atoms with Crippen molar-refractivity contribution in [2.24, 2.45) is 0 Å². The first-order chi connectivity index (χ1) is 17.5. The SMILES string of the molecule is O=[N+]([O-])c1ccccc1S(=O)(=O)Oc1ccccc1C1CN(S(=O)(=O)c2ccccc2[N+](=O)[O-])CCO1. The number of morpholine rings is 1. The number of rotatable bonds is 8. The molecule has 0 aromatic heterocycles. The van der Waals surface area contributed by atoms with Crippen molar-refractivity contribution in [1.82, 2.24) is 4.31 Å². The Kier molecular flexibility index (Phi) is 7.22. The first kappa shape index (κ1) is 26.2. The van der Waals surface area contributed by atoms with E-state index in [4.69, 9.17) is 8.92 Å². The molecular weight excluding hydrogens is 530 g/mol. The third-order valence-electron chi connectivity index (χ3n) is 5.51. The fourth-order valence-electron chi connectivity index (χ4n) is 3.80. The van der Waals surface area contributed by atoms with Crippen LogP contribution in [-0.2, 0) is 24.9 Å². The molecule has 3 aromatic rings. The molecule has 1 atom stereocenters. The lowest BCUT2D eigenvalue weighted by Gasteiger charge is -2.32. The number of ether oxygens (including phenoxy) is 1. The Morgan fingerprint density at radius 3 is 2.00 bits per heavy atom. The van der Waals surface area contributed by atoms with Crippen molar-refractivity contribution in [3.63, 3.8) is 0 Å². The summed E-state index contributed by atoms with van der Waals surface area (Å²) in [7, 11) is -8.96. The Hall–Kier alpha value is -3.92. The van der Waals surface area contributed by atoms with Crippen molar-refractivity contribution in [3.8, 4) is 5.75 Å². The van der Waals surface area contributed by atoms with E-state index < -0.39 is 57.3 Å². The third kappa shape index (κ3) is 5.29. The van der Waals surface area contributed by atoms with Crippen LogP contribution in [0.2, 0.25) is 0 Å². The summed E-state index contributed by atoms with van der Waals surface area (Å²) in [5.41, 5.74) is -1.08. The van der Waals surface area contributed by atoms with Gasteiger partial charge in [0.1, 0.15) is 5.75 Å². The number of benzene rings is 3. The van der Waals surface area contributed by atoms with Crippen LogP contribution in [0, 0.1) is 20.2 Å². The second kappa shape index (κ2) is 10.2. The molecule has 0 N–H and O–H groups in total. The number of nitro groups is 2. The van der Waals surface area contributed by atoms with Gasteiger partial charge in [-0.2, -0.15) is 12.7 Å². The Bertz CT molecular complexity index is 1570. The van der Waals surface area contributed by atoms with Crippen molar-refractivity contribution < 1.29 is 35.6 Å². The molecule has 1 saturated heterocycles. The van der Waals surface area contributed by atoms with E-state index in [9.17, 15) is 37.1 Å². The van der Waals surface area contributed by atoms with E-state index in [0.29, 0.717) is 0 Å². The van der Waals surface area contributed by atoms with E-state index in [-0.39, 0.29) is 31.0 Å². The molecule has 15 heteroatoms. The molecule has 0 saturated carbocycles. The van der Waals surface area contributed by atoms with Crippen LogP contribution in [0.4, 0.5) is 11.4 Å². The molecule has 0 aliphatic carbocycles. The monoisotopic (exact) mass is 549 g/mol. The average Bonchev–Trinajstić information content (AvgIpc) is 2.89. The highest BCUT2D eigenvalue weighted by atomic mass is 32.2. The third-order valence-corrected chi connectivity index (χ3v) is 8.70. The van der Waals surface area contributed by atoms with Crippen molar-refractivity contribution in [3.05, 3.63) is 98.6 Å². The fraction of sp³-hybridized carbons (Fsp3) is 0.182. The highest BCUT2D eigenvalue weighted by Crippen LogP contribution is 2.36. The first-order valence-electron chi connectivity index (χ1n) is 10.6. The molecule has 4 rings (SSSR count). The normalized spacial score (nSPS) is 16.7. The maximum Gasteiger partial charge on any atom is 0.346 e. The predicted octanol–water partition coefficient (Wildman–Crippen LogP) is 3.03. The van der Waals surface area contributed by atoms with E-state index in [1.54, 1.807) is 6.07 Å². The number of sulfonamides is 1. The average molecular weight is 550 g/mol. The summed E-state index contributed by atoms with van der Waals surface area (Å²) in [6.45, 7) is -0.474. The van der Waals surface area contributed by atoms with E-state index in [1.165, 1.54) is 42.5 Å². The van der Waals surface area contributed by atoms with Crippen molar-refractivity contribution in [1.29, 1.82) is 0 Å². The molecule has 1 heterocycles. The summed E-state index contributed by atoms with van der Waals surface area (Å²) in [4.78, 5) is 19.9. The van der Waals surface area contributed by atoms with Gasteiger partial charge in [-0.3, -0.25) is 20.2 Å². The van der Waals surface area contributed by atoms with E-state index in [2.05, 4.69) is 0 Å². The number of nitrogens with zero attached hydrogens (tertiary/aromatic N) is 3. The maximum atomic E-state index is 13.3. The number of hydrogen-bond acceptors (Lipinski definition) is 10. The molecule has 1 aliphatic heterocycles. The smallest absolute Gasteiger partial charge is 0.346 e. The van der Waals surface area contributed by atoms with Gasteiger partial charge in [-0.1, -0.05) is 42.5 Å². The van der Waals surface area contributed by atoms with Crippen molar-refractivity contribution in [2.45, 2.75) is 15.9 Å². The van der Waals surface area contributed by atoms with Crippen LogP contribution in [0.25, 0.3) is 0 Å². The van der Waals surface area contributed by atoms with Crippen LogP contribution in [0.1, 0.15) is 11.7 Å². The summed E-state index contributed by atoms with van der Waals surface area (Å²) < 4.78 is 64.4. The summed E-state index contributed by atoms with van der Waals surface area (Å²) >= 11 is 0. The highest BCUT2D eigenvalue weighted by Gasteiger charge is 2.37. The molecule has 194 valence electrons. The van der Waals surface area contributed by atoms with Crippen molar-refractivity contribution in [2.75, 3.05) is 19.7 Å². The predicted molar refractivity (Wildman–Crippen MR) is 128 cm³/mol. The first-order valence-corrected chi connectivity index (χ1v) is 13.5. The molecular formula is C22H19N3O10S2. The Morgan fingerprint density at radius 2 is 1.35 bits per heavy atom. The van der Waals surface area contributed by atoms with E-state index in [0.717, 1.165) is 28.6 Å². The van der Waals surface area contributed by atoms with Crippen LogP contribution in [-0.4, -0.2) is 50.7 Å². The molecule has 1 aliphatic rings. The van der Waals surface area contributed by atoms with Crippen LogP contribution >= 0.6 is 0 Å². The van der Waals surface area contributed by atoms with Gasteiger partial charge in [-0.15, -0.1) is 0 Å². The van der Waals surface area contributed by atoms with Gasteiger partial charge in [0.25, 0.3) is 11.4 Å². The molecule has 0 amide bonds. The molecule has 1 fully saturated rings. The van der Waals surface area contributed by atoms with Gasteiger partial charge in [0.2, 0.25) is 10.0 Å². The molecule has 0 radical (unpaired) electrons. The molecule has 1 unspecified atom stereocenters. The van der Waals surface area contributed by atoms with Crippen LogP contribution < -0.4 is 4.18 Å². The lowest BCUT2D eigenvalue weighted by Crippen LogP contribution is -2.42. The van der Waals surface area contributed by atoms with Gasteiger partial charge < -0.3 is 8.92 Å². The Morgan fingerprint density at radius 1 is 0.811 bits per heavy atom. The maximum absolute atomic E-state index is 13.3. The zero-order valence-electron chi connectivity index (χ0n) is 18.9. The van der Waals surface area contributed by atoms with Crippen LogP contribution in [0.15, 0.2) is 82.6 Å². The minimum absolute atomic E-state index is 0.0875. The molecule has 13 nitrogen and oxygen atoms in total. The fourth-order valence-corrected chi connectivity index (χ4v) is 6.51. The van der Waals surface area contributed by atoms with Gasteiger partial charge in [-0.25, -0.2) is 8.42 Å². The second-order valence-electron chi connectivity index (χ2n) is 7.75. The van der Waals surface area contributed by atoms with Crippen molar-refractivity contribution >= 4 is 31.5 Å².